The van der Waals surface area contributed by atoms with E-state index in [9.17, 15) is 4.79 Å². The minimum absolute atomic E-state index is 0.107. The van der Waals surface area contributed by atoms with Crippen molar-refractivity contribution in [3.8, 4) is 5.88 Å². The third-order valence-electron chi connectivity index (χ3n) is 3.07. The fourth-order valence-electron chi connectivity index (χ4n) is 1.93. The molecule has 1 aromatic rings. The van der Waals surface area contributed by atoms with Crippen LogP contribution in [-0.4, -0.2) is 23.5 Å². The van der Waals surface area contributed by atoms with Gasteiger partial charge in [-0.15, -0.1) is 0 Å². The summed E-state index contributed by atoms with van der Waals surface area (Å²) in [5.41, 5.74) is 12.0. The van der Waals surface area contributed by atoms with Crippen LogP contribution in [0.5, 0.6) is 5.88 Å². The molecule has 0 aliphatic heterocycles. The van der Waals surface area contributed by atoms with Gasteiger partial charge in [-0.3, -0.25) is 4.79 Å². The van der Waals surface area contributed by atoms with E-state index in [1.165, 1.54) is 0 Å². The molecule has 4 N–H and O–H groups in total. The number of amides is 1. The highest BCUT2D eigenvalue weighted by atomic mass is 16.5. The highest BCUT2D eigenvalue weighted by molar-refractivity contribution is 5.95. The normalized spacial score (nSPS) is 22.9. The molecule has 0 atom stereocenters. The van der Waals surface area contributed by atoms with Crippen molar-refractivity contribution < 1.29 is 9.53 Å². The summed E-state index contributed by atoms with van der Waals surface area (Å²) >= 11 is 0. The molecule has 1 amide bonds. The Balaban J connectivity index is 2.09. The number of carbonyl (C=O) groups excluding carboxylic acids is 1. The number of nitrogens with two attached hydrogens (primary N) is 2. The molecule has 1 aliphatic carbocycles. The molecular formula is C12H17N3O2. The molecule has 0 radical (unpaired) electrons. The van der Waals surface area contributed by atoms with Crippen molar-refractivity contribution in [2.75, 3.05) is 6.54 Å². The molecule has 1 aromatic heterocycles. The number of aryl methyl sites for hydroxylation is 1. The number of carbonyl (C=O) groups is 1. The second-order valence-electron chi connectivity index (χ2n) is 4.48. The second-order valence-corrected chi connectivity index (χ2v) is 4.48. The zero-order valence-electron chi connectivity index (χ0n) is 9.85. The lowest BCUT2D eigenvalue weighted by Gasteiger charge is -2.34. The molecule has 1 heterocycles. The molecule has 2 rings (SSSR count). The van der Waals surface area contributed by atoms with Gasteiger partial charge in [-0.05, 0) is 44.4 Å². The smallest absolute Gasteiger partial charge is 0.254 e. The number of aromatic nitrogens is 1. The first-order valence-corrected chi connectivity index (χ1v) is 5.74. The first kappa shape index (κ1) is 11.9. The number of rotatable bonds is 4. The Bertz CT molecular complexity index is 428. The number of nitrogens with zero attached hydrogens (tertiary/aromatic N) is 1. The topological polar surface area (TPSA) is 91.2 Å². The number of pyridine rings is 1. The average Bonchev–Trinajstić information content (AvgIpc) is 2.22. The zero-order chi connectivity index (χ0) is 12.4. The van der Waals surface area contributed by atoms with Crippen LogP contribution in [0.15, 0.2) is 12.1 Å². The van der Waals surface area contributed by atoms with Gasteiger partial charge < -0.3 is 16.2 Å². The Morgan fingerprint density at radius 3 is 2.82 bits per heavy atom. The fourth-order valence-corrected chi connectivity index (χ4v) is 1.93. The van der Waals surface area contributed by atoms with E-state index < -0.39 is 5.91 Å². The molecule has 1 aliphatic rings. The quantitative estimate of drug-likeness (QED) is 0.799. The molecule has 0 spiro atoms. The van der Waals surface area contributed by atoms with Crippen LogP contribution in [0.25, 0.3) is 0 Å². The predicted octanol–water partition coefficient (Wildman–Crippen LogP) is 0.605. The van der Waals surface area contributed by atoms with E-state index in [4.69, 9.17) is 16.2 Å². The minimum atomic E-state index is -0.512. The van der Waals surface area contributed by atoms with Crippen LogP contribution in [0.1, 0.15) is 28.9 Å². The van der Waals surface area contributed by atoms with Crippen molar-refractivity contribution in [3.05, 3.63) is 23.4 Å². The zero-order valence-corrected chi connectivity index (χ0v) is 9.85. The van der Waals surface area contributed by atoms with Gasteiger partial charge in [0.05, 0.1) is 0 Å². The Kier molecular flexibility index (Phi) is 3.28. The van der Waals surface area contributed by atoms with Crippen molar-refractivity contribution in [3.63, 3.8) is 0 Å². The molecule has 1 saturated carbocycles. The van der Waals surface area contributed by atoms with Gasteiger partial charge in [0.25, 0.3) is 5.91 Å². The fraction of sp³-hybridized carbons (Fsp3) is 0.500. The SMILES string of the molecule is Cc1ccc(C(N)=O)c(OC2CC(CN)C2)n1. The molecule has 0 aromatic carbocycles. The van der Waals surface area contributed by atoms with Crippen LogP contribution in [0, 0.1) is 12.8 Å². The van der Waals surface area contributed by atoms with Crippen molar-refractivity contribution in [2.45, 2.75) is 25.9 Å². The first-order valence-electron chi connectivity index (χ1n) is 5.74. The lowest BCUT2D eigenvalue weighted by atomic mass is 9.82. The molecule has 1 fully saturated rings. The lowest BCUT2D eigenvalue weighted by Crippen LogP contribution is -2.38. The van der Waals surface area contributed by atoms with E-state index in [2.05, 4.69) is 4.98 Å². The first-order chi connectivity index (χ1) is 8.10. The Morgan fingerprint density at radius 1 is 1.53 bits per heavy atom. The molecule has 5 nitrogen and oxygen atoms in total. The summed E-state index contributed by atoms with van der Waals surface area (Å²) in [6.45, 7) is 2.53. The van der Waals surface area contributed by atoms with Gasteiger partial charge in [0.15, 0.2) is 0 Å². The van der Waals surface area contributed by atoms with Gasteiger partial charge in [0, 0.05) is 5.69 Å². The van der Waals surface area contributed by atoms with E-state index in [1.54, 1.807) is 12.1 Å². The van der Waals surface area contributed by atoms with E-state index in [-0.39, 0.29) is 6.10 Å². The van der Waals surface area contributed by atoms with E-state index in [1.807, 2.05) is 6.92 Å². The van der Waals surface area contributed by atoms with Crippen molar-refractivity contribution in [1.29, 1.82) is 0 Å². The van der Waals surface area contributed by atoms with E-state index in [0.29, 0.717) is 23.9 Å². The predicted molar refractivity (Wildman–Crippen MR) is 63.7 cm³/mol. The number of primary amides is 1. The average molecular weight is 235 g/mol. The summed E-state index contributed by atoms with van der Waals surface area (Å²) < 4.78 is 5.69. The third-order valence-corrected chi connectivity index (χ3v) is 3.07. The van der Waals surface area contributed by atoms with E-state index >= 15 is 0 Å². The molecule has 0 unspecified atom stereocenters. The summed E-state index contributed by atoms with van der Waals surface area (Å²) in [6, 6.07) is 3.40. The molecule has 92 valence electrons. The monoisotopic (exact) mass is 235 g/mol. The minimum Gasteiger partial charge on any atom is -0.474 e. The van der Waals surface area contributed by atoms with Gasteiger partial charge in [-0.1, -0.05) is 0 Å². The number of ether oxygens (including phenoxy) is 1. The molecule has 5 heteroatoms. The van der Waals surface area contributed by atoms with Crippen LogP contribution in [0.2, 0.25) is 0 Å². The van der Waals surface area contributed by atoms with E-state index in [0.717, 1.165) is 18.5 Å². The largest absolute Gasteiger partial charge is 0.474 e. The highest BCUT2D eigenvalue weighted by Gasteiger charge is 2.30. The molecular weight excluding hydrogens is 218 g/mol. The maximum absolute atomic E-state index is 11.2. The Hall–Kier alpha value is -1.62. The molecule has 0 bridgehead atoms. The van der Waals surface area contributed by atoms with Gasteiger partial charge in [0.1, 0.15) is 11.7 Å². The maximum Gasteiger partial charge on any atom is 0.254 e. The van der Waals surface area contributed by atoms with Crippen LogP contribution < -0.4 is 16.2 Å². The molecule has 0 saturated heterocycles. The Labute approximate surface area is 100 Å². The number of hydrogen-bond donors (Lipinski definition) is 2. The van der Waals surface area contributed by atoms with Crippen LogP contribution in [0.3, 0.4) is 0 Å². The van der Waals surface area contributed by atoms with Crippen molar-refractivity contribution in [2.24, 2.45) is 17.4 Å². The van der Waals surface area contributed by atoms with Gasteiger partial charge in [0.2, 0.25) is 5.88 Å². The Morgan fingerprint density at radius 2 is 2.24 bits per heavy atom. The lowest BCUT2D eigenvalue weighted by molar-refractivity contribution is 0.0631. The van der Waals surface area contributed by atoms with Crippen LogP contribution in [-0.2, 0) is 0 Å². The van der Waals surface area contributed by atoms with Gasteiger partial charge in [-0.25, -0.2) is 4.98 Å². The summed E-state index contributed by atoms with van der Waals surface area (Å²) in [5.74, 6) is 0.363. The number of hydrogen-bond acceptors (Lipinski definition) is 4. The second kappa shape index (κ2) is 4.71. The van der Waals surface area contributed by atoms with Gasteiger partial charge >= 0.3 is 0 Å². The van der Waals surface area contributed by atoms with Gasteiger partial charge in [-0.2, -0.15) is 0 Å². The van der Waals surface area contributed by atoms with Crippen molar-refractivity contribution >= 4 is 5.91 Å². The standard InChI is InChI=1S/C12H17N3O2/c1-7-2-3-10(11(14)16)12(15-7)17-9-4-8(5-9)6-13/h2-3,8-9H,4-6,13H2,1H3,(H2,14,16). The highest BCUT2D eigenvalue weighted by Crippen LogP contribution is 2.31. The summed E-state index contributed by atoms with van der Waals surface area (Å²) in [4.78, 5) is 15.4. The summed E-state index contributed by atoms with van der Waals surface area (Å²) in [7, 11) is 0. The maximum atomic E-state index is 11.2. The third kappa shape index (κ3) is 2.55. The van der Waals surface area contributed by atoms with Crippen LogP contribution in [0.4, 0.5) is 0 Å². The van der Waals surface area contributed by atoms with Crippen molar-refractivity contribution in [1.82, 2.24) is 4.98 Å². The van der Waals surface area contributed by atoms with Crippen LogP contribution >= 0.6 is 0 Å². The molecule has 17 heavy (non-hydrogen) atoms. The summed E-state index contributed by atoms with van der Waals surface area (Å²) in [5, 5.41) is 0. The summed E-state index contributed by atoms with van der Waals surface area (Å²) in [6.07, 6.45) is 1.95.